The van der Waals surface area contributed by atoms with Gasteiger partial charge in [-0.1, -0.05) is 0 Å². The minimum absolute atomic E-state index is 0.0510. The lowest BCUT2D eigenvalue weighted by Gasteiger charge is -2.45. The van der Waals surface area contributed by atoms with Gasteiger partial charge in [-0.15, -0.1) is 0 Å². The predicted octanol–water partition coefficient (Wildman–Crippen LogP) is -0.813. The van der Waals surface area contributed by atoms with Gasteiger partial charge in [-0.3, -0.25) is 9.59 Å². The van der Waals surface area contributed by atoms with Crippen molar-refractivity contribution in [3.63, 3.8) is 0 Å². The van der Waals surface area contributed by atoms with Gasteiger partial charge in [0.15, 0.2) is 40.8 Å². The number of ether oxygens (including phenoxy) is 6. The fourth-order valence-electron chi connectivity index (χ4n) is 5.23. The number of methoxy groups -OCH3 is 1. The van der Waals surface area contributed by atoms with Gasteiger partial charge in [-0.05, 0) is 25.1 Å². The van der Waals surface area contributed by atoms with E-state index >= 15 is 0 Å². The number of hydrogen-bond donors (Lipinski definition) is 8. The highest BCUT2D eigenvalue weighted by atomic mass is 16.8. The average Bonchev–Trinajstić information content (AvgIpc) is 3.03. The lowest BCUT2D eigenvalue weighted by molar-refractivity contribution is -0.354. The van der Waals surface area contributed by atoms with E-state index in [2.05, 4.69) is 0 Å². The number of aliphatic hydroxyl groups excluding tert-OH is 5. The smallest absolute Gasteiger partial charge is 0.302 e. The zero-order valence-electron chi connectivity index (χ0n) is 25.1. The minimum atomic E-state index is -1.90. The lowest BCUT2D eigenvalue weighted by atomic mass is 9.97. The molecule has 0 spiro atoms. The molecule has 17 nitrogen and oxygen atoms in total. The molecule has 5 rings (SSSR count). The molecule has 2 saturated heterocycles. The summed E-state index contributed by atoms with van der Waals surface area (Å²) in [6, 6.07) is 6.24. The van der Waals surface area contributed by atoms with Gasteiger partial charge in [0.25, 0.3) is 0 Å². The first-order valence-electron chi connectivity index (χ1n) is 14.3. The van der Waals surface area contributed by atoms with Crippen LogP contribution in [0.5, 0.6) is 28.7 Å². The molecule has 1 aromatic heterocycles. The largest absolute Gasteiger partial charge is 0.504 e. The number of rotatable bonds is 8. The van der Waals surface area contributed by atoms with Crippen molar-refractivity contribution < 1.29 is 78.5 Å². The van der Waals surface area contributed by atoms with E-state index in [1.807, 2.05) is 0 Å². The van der Waals surface area contributed by atoms with Gasteiger partial charge in [-0.2, -0.15) is 0 Å². The number of esters is 1. The van der Waals surface area contributed by atoms with E-state index in [-0.39, 0.29) is 28.4 Å². The molecule has 2 aliphatic rings. The number of hydrogen-bond acceptors (Lipinski definition) is 17. The van der Waals surface area contributed by atoms with Crippen molar-refractivity contribution in [1.29, 1.82) is 0 Å². The zero-order chi connectivity index (χ0) is 34.3. The average molecular weight is 667 g/mol. The maximum absolute atomic E-state index is 13.0. The monoisotopic (exact) mass is 666 g/mol. The van der Waals surface area contributed by atoms with Gasteiger partial charge in [0.05, 0.1) is 13.2 Å². The van der Waals surface area contributed by atoms with E-state index in [0.29, 0.717) is 0 Å². The first-order valence-corrected chi connectivity index (χ1v) is 14.3. The number of aromatic hydroxyl groups is 3. The maximum Gasteiger partial charge on any atom is 0.302 e. The van der Waals surface area contributed by atoms with Gasteiger partial charge >= 0.3 is 5.97 Å². The molecule has 47 heavy (non-hydrogen) atoms. The third-order valence-electron chi connectivity index (χ3n) is 7.83. The van der Waals surface area contributed by atoms with Crippen LogP contribution in [-0.2, 0) is 23.7 Å². The zero-order valence-corrected chi connectivity index (χ0v) is 25.1. The molecule has 0 amide bonds. The van der Waals surface area contributed by atoms with Gasteiger partial charge in [0.2, 0.25) is 12.0 Å². The number of carbonyl (C=O) groups excluding carboxylic acids is 1. The molecule has 8 N–H and O–H groups in total. The lowest BCUT2D eigenvalue weighted by Crippen LogP contribution is -2.64. The highest BCUT2D eigenvalue weighted by molar-refractivity contribution is 5.89. The summed E-state index contributed by atoms with van der Waals surface area (Å²) < 4.78 is 38.4. The Labute approximate surface area is 265 Å². The molecule has 0 radical (unpaired) electrons. The summed E-state index contributed by atoms with van der Waals surface area (Å²) in [5.74, 6) is -3.36. The summed E-state index contributed by atoms with van der Waals surface area (Å²) in [5.41, 5.74) is -0.820. The number of carbonyl (C=O) groups is 1. The Morgan fingerprint density at radius 2 is 1.57 bits per heavy atom. The fraction of sp³-hybridized carbons (Fsp3) is 0.467. The number of fused-ring (bicyclic) bond motifs is 1. The Balaban J connectivity index is 1.53. The standard InChI is InChI=1S/C30H34O17/c1-10-21(34)25(38)27(40)29(43-10)47-28-26(39)23(36)19(9-42-11(2)31)46-30(28)45-18-8-17-20(24(37)22(18)35)14(33)7-16(44-17)12-4-5-15(41-3)13(32)6-12/h4-8,10,19,21,23,25-30,32,34-40H,9H2,1-3H3/t10-,19+,21-,23+,25+,26-,27+,28+,29-,30+/m0/s1. The summed E-state index contributed by atoms with van der Waals surface area (Å²) in [6.45, 7) is 1.92. The predicted molar refractivity (Wildman–Crippen MR) is 155 cm³/mol. The molecule has 0 aliphatic carbocycles. The third-order valence-corrected chi connectivity index (χ3v) is 7.83. The van der Waals surface area contributed by atoms with Gasteiger partial charge in [0, 0.05) is 24.6 Å². The molecule has 0 bridgehead atoms. The first-order chi connectivity index (χ1) is 22.2. The molecule has 2 fully saturated rings. The van der Waals surface area contributed by atoms with Crippen LogP contribution >= 0.6 is 0 Å². The van der Waals surface area contributed by atoms with Crippen molar-refractivity contribution >= 4 is 16.9 Å². The van der Waals surface area contributed by atoms with Crippen LogP contribution in [0.25, 0.3) is 22.3 Å². The van der Waals surface area contributed by atoms with Crippen molar-refractivity contribution in [3.8, 4) is 40.1 Å². The van der Waals surface area contributed by atoms with Crippen molar-refractivity contribution in [2.75, 3.05) is 13.7 Å². The molecule has 3 heterocycles. The normalized spacial score (nSPS) is 31.0. The summed E-state index contributed by atoms with van der Waals surface area (Å²) in [5, 5.41) is 84.0. The van der Waals surface area contributed by atoms with Crippen LogP contribution in [0.3, 0.4) is 0 Å². The number of phenolic OH excluding ortho intramolecular Hbond substituents is 3. The van der Waals surface area contributed by atoms with E-state index < -0.39 is 102 Å². The summed E-state index contributed by atoms with van der Waals surface area (Å²) >= 11 is 0. The quantitative estimate of drug-likeness (QED) is 0.108. The van der Waals surface area contributed by atoms with Gasteiger partial charge in [-0.25, -0.2) is 0 Å². The van der Waals surface area contributed by atoms with Crippen molar-refractivity contribution in [3.05, 3.63) is 40.6 Å². The minimum Gasteiger partial charge on any atom is -0.504 e. The molecule has 3 aromatic rings. The van der Waals surface area contributed by atoms with Crippen LogP contribution < -0.4 is 14.9 Å². The van der Waals surface area contributed by atoms with Crippen LogP contribution in [0.1, 0.15) is 13.8 Å². The Morgan fingerprint density at radius 3 is 2.23 bits per heavy atom. The highest BCUT2D eigenvalue weighted by Crippen LogP contribution is 2.43. The first kappa shape index (κ1) is 34.1. The highest BCUT2D eigenvalue weighted by Gasteiger charge is 2.51. The topological polar surface area (TPSA) is 264 Å². The van der Waals surface area contributed by atoms with Gasteiger partial charge in [0.1, 0.15) is 60.0 Å². The Kier molecular flexibility index (Phi) is 9.81. The molecular weight excluding hydrogens is 632 g/mol. The van der Waals surface area contributed by atoms with E-state index in [1.165, 1.54) is 32.2 Å². The third kappa shape index (κ3) is 6.65. The molecule has 256 valence electrons. The molecule has 2 aliphatic heterocycles. The molecule has 0 unspecified atom stereocenters. The van der Waals surface area contributed by atoms with Crippen LogP contribution in [0.15, 0.2) is 39.5 Å². The van der Waals surface area contributed by atoms with Crippen LogP contribution in [0.2, 0.25) is 0 Å². The van der Waals surface area contributed by atoms with E-state index in [1.54, 1.807) is 0 Å². The van der Waals surface area contributed by atoms with Crippen molar-refractivity contribution in [2.45, 2.75) is 75.3 Å². The van der Waals surface area contributed by atoms with Crippen LogP contribution in [0, 0.1) is 0 Å². The van der Waals surface area contributed by atoms with Gasteiger partial charge < -0.3 is 73.7 Å². The second kappa shape index (κ2) is 13.5. The Morgan fingerprint density at radius 1 is 0.851 bits per heavy atom. The van der Waals surface area contributed by atoms with Crippen LogP contribution in [-0.4, -0.2) is 122 Å². The van der Waals surface area contributed by atoms with Crippen molar-refractivity contribution in [2.24, 2.45) is 0 Å². The SMILES string of the molecule is COc1ccc(-c2cc(=O)c3c(O)c(O)c(O[C@@H]4O[C@H](COC(C)=O)[C@@H](O)[C@H](O)[C@H]4O[C@@H]4O[C@@H](C)[C@H](O)[C@@H](O)[C@H]4O)cc3o2)cc1O. The number of benzene rings is 2. The second-order valence-electron chi connectivity index (χ2n) is 11.0. The molecular formula is C30H34O17. The second-order valence-corrected chi connectivity index (χ2v) is 11.0. The molecule has 10 atom stereocenters. The molecule has 0 saturated carbocycles. The molecule has 17 heteroatoms. The molecule has 2 aromatic carbocycles. The Hall–Kier alpha value is -4.20. The van der Waals surface area contributed by atoms with Crippen molar-refractivity contribution in [1.82, 2.24) is 0 Å². The summed E-state index contributed by atoms with van der Waals surface area (Å²) in [7, 11) is 1.35. The number of aliphatic hydroxyl groups is 5. The Bertz CT molecular complexity index is 1670. The fourth-order valence-corrected chi connectivity index (χ4v) is 5.23. The van der Waals surface area contributed by atoms with E-state index in [0.717, 1.165) is 19.1 Å². The summed E-state index contributed by atoms with van der Waals surface area (Å²) in [6.07, 6.45) is -16.5. The van der Waals surface area contributed by atoms with E-state index in [4.69, 9.17) is 32.8 Å². The van der Waals surface area contributed by atoms with E-state index in [9.17, 15) is 50.4 Å². The summed E-state index contributed by atoms with van der Waals surface area (Å²) in [4.78, 5) is 24.4. The maximum atomic E-state index is 13.0. The van der Waals surface area contributed by atoms with Crippen LogP contribution in [0.4, 0.5) is 0 Å². The number of phenols is 3.